The smallest absolute Gasteiger partial charge is 0.226 e. The molecule has 0 saturated carbocycles. The summed E-state index contributed by atoms with van der Waals surface area (Å²) < 4.78 is 18.9. The molecule has 1 aromatic rings. The predicted molar refractivity (Wildman–Crippen MR) is 97.7 cm³/mol. The molecule has 1 aliphatic rings. The van der Waals surface area contributed by atoms with Crippen LogP contribution in [0.3, 0.4) is 0 Å². The van der Waals surface area contributed by atoms with Crippen LogP contribution < -0.4 is 0 Å². The van der Waals surface area contributed by atoms with E-state index in [-0.39, 0.29) is 11.7 Å². The zero-order valence-corrected chi connectivity index (χ0v) is 15.1. The van der Waals surface area contributed by atoms with E-state index in [1.807, 2.05) is 17.0 Å². The summed E-state index contributed by atoms with van der Waals surface area (Å²) in [6.45, 7) is 8.12. The Balaban J connectivity index is 1.82. The maximum Gasteiger partial charge on any atom is 0.226 e. The maximum absolute atomic E-state index is 13.8. The molecule has 5 heteroatoms. The molecule has 2 rings (SSSR count). The van der Waals surface area contributed by atoms with Crippen LogP contribution in [0.25, 0.3) is 0 Å². The first-order valence-electron chi connectivity index (χ1n) is 8.97. The Morgan fingerprint density at radius 2 is 2.12 bits per heavy atom. The van der Waals surface area contributed by atoms with Crippen LogP contribution in [0.4, 0.5) is 4.39 Å². The third kappa shape index (κ3) is 6.25. The number of benzene rings is 1. The normalized spacial score (nSPS) is 15.9. The zero-order chi connectivity index (χ0) is 18.1. The molecule has 0 aromatic heterocycles. The van der Waals surface area contributed by atoms with Gasteiger partial charge >= 0.3 is 0 Å². The second kappa shape index (κ2) is 10.3. The maximum atomic E-state index is 13.8. The average Bonchev–Trinajstić information content (AvgIpc) is 2.62. The highest BCUT2D eigenvalue weighted by Crippen LogP contribution is 2.21. The molecule has 1 amide bonds. The lowest BCUT2D eigenvalue weighted by Crippen LogP contribution is -2.41. The van der Waals surface area contributed by atoms with Crippen LogP contribution in [0.2, 0.25) is 0 Å². The fourth-order valence-corrected chi connectivity index (χ4v) is 3.28. The monoisotopic (exact) mass is 348 g/mol. The fraction of sp³-hybridized carbons (Fsp3) is 0.550. The number of nitrogens with zero attached hydrogens (tertiary/aromatic N) is 2. The number of carbonyl (C=O) groups excluding carboxylic acids is 1. The van der Waals surface area contributed by atoms with Crippen LogP contribution >= 0.6 is 0 Å². The molecule has 0 unspecified atom stereocenters. The summed E-state index contributed by atoms with van der Waals surface area (Å²) in [4.78, 5) is 16.4. The predicted octanol–water partition coefficient (Wildman–Crippen LogP) is 3.09. The van der Waals surface area contributed by atoms with Crippen molar-refractivity contribution in [2.45, 2.75) is 25.8 Å². The van der Waals surface area contributed by atoms with Gasteiger partial charge < -0.3 is 9.64 Å². The van der Waals surface area contributed by atoms with E-state index in [0.29, 0.717) is 32.0 Å². The van der Waals surface area contributed by atoms with Crippen LogP contribution in [0.1, 0.15) is 24.8 Å². The number of carbonyl (C=O) groups is 1. The van der Waals surface area contributed by atoms with E-state index in [4.69, 9.17) is 4.74 Å². The fourth-order valence-electron chi connectivity index (χ4n) is 3.28. The highest BCUT2D eigenvalue weighted by atomic mass is 19.1. The van der Waals surface area contributed by atoms with Gasteiger partial charge in [0, 0.05) is 38.7 Å². The van der Waals surface area contributed by atoms with Crippen LogP contribution in [-0.4, -0.2) is 55.6 Å². The van der Waals surface area contributed by atoms with E-state index >= 15 is 0 Å². The van der Waals surface area contributed by atoms with Crippen LogP contribution in [0, 0.1) is 11.7 Å². The van der Waals surface area contributed by atoms with E-state index in [1.165, 1.54) is 6.07 Å². The Labute approximate surface area is 150 Å². The minimum Gasteiger partial charge on any atom is -0.383 e. The molecule has 138 valence electrons. The summed E-state index contributed by atoms with van der Waals surface area (Å²) in [5.74, 6) is 0.466. The average molecular weight is 348 g/mol. The largest absolute Gasteiger partial charge is 0.383 e. The Hall–Kier alpha value is -1.72. The lowest BCUT2D eigenvalue weighted by molar-refractivity contribution is -0.131. The van der Waals surface area contributed by atoms with Gasteiger partial charge in [-0.1, -0.05) is 24.3 Å². The first kappa shape index (κ1) is 19.6. The Morgan fingerprint density at radius 3 is 2.76 bits per heavy atom. The number of likely N-dealkylation sites (tertiary alicyclic amines) is 1. The summed E-state index contributed by atoms with van der Waals surface area (Å²) >= 11 is 0. The lowest BCUT2D eigenvalue weighted by atomic mass is 9.95. The number of methoxy groups -OCH3 is 1. The Morgan fingerprint density at radius 1 is 1.40 bits per heavy atom. The van der Waals surface area contributed by atoms with Gasteiger partial charge in [-0.25, -0.2) is 4.39 Å². The van der Waals surface area contributed by atoms with Gasteiger partial charge in [0.1, 0.15) is 5.82 Å². The molecule has 0 spiro atoms. The molecule has 1 heterocycles. The van der Waals surface area contributed by atoms with Crippen LogP contribution in [0.15, 0.2) is 36.9 Å². The summed E-state index contributed by atoms with van der Waals surface area (Å²) in [5, 5.41) is 0. The molecular formula is C20H29FN2O2. The first-order valence-corrected chi connectivity index (χ1v) is 8.97. The van der Waals surface area contributed by atoms with Gasteiger partial charge in [-0.2, -0.15) is 0 Å². The highest BCUT2D eigenvalue weighted by molar-refractivity contribution is 5.77. The Bertz CT molecular complexity index is 556. The van der Waals surface area contributed by atoms with Gasteiger partial charge in [0.15, 0.2) is 0 Å². The minimum atomic E-state index is -0.134. The molecular weight excluding hydrogens is 319 g/mol. The van der Waals surface area contributed by atoms with Crippen molar-refractivity contribution in [2.24, 2.45) is 5.92 Å². The number of ether oxygens (including phenoxy) is 1. The van der Waals surface area contributed by atoms with Crippen molar-refractivity contribution in [3.63, 3.8) is 0 Å². The van der Waals surface area contributed by atoms with Gasteiger partial charge in [-0.05, 0) is 37.9 Å². The second-order valence-corrected chi connectivity index (χ2v) is 6.64. The van der Waals surface area contributed by atoms with Crippen molar-refractivity contribution in [1.82, 2.24) is 9.80 Å². The van der Waals surface area contributed by atoms with Crippen molar-refractivity contribution in [3.05, 3.63) is 48.3 Å². The van der Waals surface area contributed by atoms with Gasteiger partial charge in [-0.15, -0.1) is 6.58 Å². The summed E-state index contributed by atoms with van der Waals surface area (Å²) in [7, 11) is 1.65. The van der Waals surface area contributed by atoms with Gasteiger partial charge in [0.25, 0.3) is 0 Å². The molecule has 4 nitrogen and oxygen atoms in total. The number of halogens is 1. The van der Waals surface area contributed by atoms with Crippen molar-refractivity contribution in [2.75, 3.05) is 39.9 Å². The topological polar surface area (TPSA) is 32.8 Å². The number of piperidine rings is 1. The van der Waals surface area contributed by atoms with E-state index in [2.05, 4.69) is 11.5 Å². The summed E-state index contributed by atoms with van der Waals surface area (Å²) in [6, 6.07) is 6.97. The number of hydrogen-bond acceptors (Lipinski definition) is 3. The van der Waals surface area contributed by atoms with Gasteiger partial charge in [0.05, 0.1) is 6.61 Å². The summed E-state index contributed by atoms with van der Waals surface area (Å²) in [6.07, 6.45) is 4.08. The molecule has 1 fully saturated rings. The molecule has 0 atom stereocenters. The molecule has 1 aromatic carbocycles. The zero-order valence-electron chi connectivity index (χ0n) is 15.1. The molecule has 0 bridgehead atoms. The summed E-state index contributed by atoms with van der Waals surface area (Å²) in [5.41, 5.74) is 0.754. The quantitative estimate of drug-likeness (QED) is 0.643. The molecule has 1 aliphatic heterocycles. The van der Waals surface area contributed by atoms with E-state index in [0.717, 1.165) is 38.0 Å². The van der Waals surface area contributed by atoms with E-state index < -0.39 is 0 Å². The molecule has 1 saturated heterocycles. The van der Waals surface area contributed by atoms with Crippen molar-refractivity contribution < 1.29 is 13.9 Å². The van der Waals surface area contributed by atoms with Crippen molar-refractivity contribution >= 4 is 5.91 Å². The number of rotatable bonds is 9. The third-order valence-corrected chi connectivity index (χ3v) is 4.77. The van der Waals surface area contributed by atoms with Crippen molar-refractivity contribution in [1.29, 1.82) is 0 Å². The number of hydrogen-bond donors (Lipinski definition) is 0. The Kier molecular flexibility index (Phi) is 8.09. The van der Waals surface area contributed by atoms with Crippen LogP contribution in [0.5, 0.6) is 0 Å². The van der Waals surface area contributed by atoms with E-state index in [1.54, 1.807) is 19.3 Å². The van der Waals surface area contributed by atoms with Crippen molar-refractivity contribution in [3.8, 4) is 0 Å². The number of amides is 1. The standard InChI is InChI=1S/C20H29FN2O2/c1-3-6-20(24)23(13-14-25-2)15-17-9-11-22(12-10-17)16-18-7-4-5-8-19(18)21/h3-5,7-8,17H,1,6,9-16H2,2H3. The van der Waals surface area contributed by atoms with E-state index in [9.17, 15) is 9.18 Å². The highest BCUT2D eigenvalue weighted by Gasteiger charge is 2.23. The molecule has 0 radical (unpaired) electrons. The first-order chi connectivity index (χ1) is 12.1. The second-order valence-electron chi connectivity index (χ2n) is 6.64. The van der Waals surface area contributed by atoms with Crippen LogP contribution in [-0.2, 0) is 16.1 Å². The molecule has 0 aliphatic carbocycles. The molecule has 25 heavy (non-hydrogen) atoms. The van der Waals surface area contributed by atoms with Gasteiger partial charge in [0.2, 0.25) is 5.91 Å². The molecule has 0 N–H and O–H groups in total. The SMILES string of the molecule is C=CCC(=O)N(CCOC)CC1CCN(Cc2ccccc2F)CC1. The van der Waals surface area contributed by atoms with Gasteiger partial charge in [-0.3, -0.25) is 9.69 Å². The lowest BCUT2D eigenvalue weighted by Gasteiger charge is -2.35. The minimum absolute atomic E-state index is 0.112. The third-order valence-electron chi connectivity index (χ3n) is 4.77.